The summed E-state index contributed by atoms with van der Waals surface area (Å²) in [5, 5.41) is 0. The number of hydrogen-bond acceptors (Lipinski definition) is 6. The highest BCUT2D eigenvalue weighted by molar-refractivity contribution is 7.90. The van der Waals surface area contributed by atoms with Gasteiger partial charge < -0.3 is 14.0 Å². The van der Waals surface area contributed by atoms with Gasteiger partial charge in [0.05, 0.1) is 17.0 Å². The number of halogens is 2. The molecule has 10 heteroatoms. The van der Waals surface area contributed by atoms with Gasteiger partial charge in [0, 0.05) is 23.5 Å². The van der Waals surface area contributed by atoms with E-state index in [-0.39, 0.29) is 23.1 Å². The maximum atomic E-state index is 14.1. The molecule has 1 aliphatic rings. The first-order valence-corrected chi connectivity index (χ1v) is 11.3. The zero-order valence-corrected chi connectivity index (χ0v) is 18.3. The van der Waals surface area contributed by atoms with Gasteiger partial charge in [-0.15, -0.1) is 0 Å². The van der Waals surface area contributed by atoms with Crippen molar-refractivity contribution in [2.24, 2.45) is 0 Å². The quantitative estimate of drug-likeness (QED) is 0.643. The van der Waals surface area contributed by atoms with Crippen LogP contribution < -0.4 is 10.2 Å². The fourth-order valence-electron chi connectivity index (χ4n) is 2.84. The van der Waals surface area contributed by atoms with Crippen molar-refractivity contribution in [3.63, 3.8) is 0 Å². The Balaban J connectivity index is 2.03. The molecule has 1 aliphatic heterocycles. The largest absolute Gasteiger partial charge is 0.500 e. The minimum Gasteiger partial charge on any atom is -0.436 e. The van der Waals surface area contributed by atoms with E-state index in [0.29, 0.717) is 17.1 Å². The van der Waals surface area contributed by atoms with Gasteiger partial charge in [-0.3, -0.25) is 0 Å². The first kappa shape index (κ1) is 22.6. The smallest absolute Gasteiger partial charge is 0.436 e. The Bertz CT molecular complexity index is 1040. The van der Waals surface area contributed by atoms with Crippen molar-refractivity contribution < 1.29 is 31.2 Å². The first-order valence-electron chi connectivity index (χ1n) is 9.51. The zero-order chi connectivity index (χ0) is 22.3. The molecule has 0 radical (unpaired) electrons. The molecule has 0 N–H and O–H groups in total. The van der Waals surface area contributed by atoms with Gasteiger partial charge in [-0.2, -0.15) is 0 Å². The van der Waals surface area contributed by atoms with E-state index in [2.05, 4.69) is 4.98 Å². The molecular weight excluding hydrogens is 415 g/mol. The van der Waals surface area contributed by atoms with Gasteiger partial charge in [-0.1, -0.05) is 13.0 Å². The van der Waals surface area contributed by atoms with Crippen molar-refractivity contribution >= 4 is 22.4 Å². The van der Waals surface area contributed by atoms with Crippen LogP contribution in [0.15, 0.2) is 30.5 Å². The molecule has 6 nitrogen and oxygen atoms in total. The molecule has 0 unspecified atom stereocenters. The van der Waals surface area contributed by atoms with E-state index in [4.69, 9.17) is 14.0 Å². The summed E-state index contributed by atoms with van der Waals surface area (Å²) < 4.78 is 69.1. The van der Waals surface area contributed by atoms with Crippen LogP contribution >= 0.6 is 0 Å². The van der Waals surface area contributed by atoms with Gasteiger partial charge >= 0.3 is 7.12 Å². The highest BCUT2D eigenvalue weighted by atomic mass is 32.2. The third-order valence-electron chi connectivity index (χ3n) is 5.37. The Hall–Kier alpha value is -2.04. The minimum absolute atomic E-state index is 0.0160. The summed E-state index contributed by atoms with van der Waals surface area (Å²) in [5.74, 6) is -2.10. The predicted molar refractivity (Wildman–Crippen MR) is 110 cm³/mol. The Kier molecular flexibility index (Phi) is 5.96. The van der Waals surface area contributed by atoms with Crippen LogP contribution in [0.2, 0.25) is 0 Å². The monoisotopic (exact) mass is 439 g/mol. The fourth-order valence-corrected chi connectivity index (χ4v) is 3.71. The van der Waals surface area contributed by atoms with Gasteiger partial charge in [0.25, 0.3) is 0 Å². The first-order chi connectivity index (χ1) is 13.8. The standard InChI is InChI=1S/C20H24BF2NO5S/c1-6-30(25,26)12-13-9-15(21-28-19(2,3)20(4,5)29-21)18(24-11-13)27-17-8-7-14(22)10-16(17)23/h7-11H,6,12H2,1-5H3. The van der Waals surface area contributed by atoms with Crippen LogP contribution in [0.1, 0.15) is 40.2 Å². The summed E-state index contributed by atoms with van der Waals surface area (Å²) in [4.78, 5) is 4.19. The van der Waals surface area contributed by atoms with Gasteiger partial charge in [0.2, 0.25) is 5.88 Å². The molecule has 0 bridgehead atoms. The summed E-state index contributed by atoms with van der Waals surface area (Å²) in [6, 6.07) is 4.48. The Morgan fingerprint density at radius 3 is 2.30 bits per heavy atom. The molecule has 1 aromatic carbocycles. The maximum absolute atomic E-state index is 14.1. The van der Waals surface area contributed by atoms with Crippen LogP contribution in [0, 0.1) is 11.6 Å². The molecular formula is C20H24BF2NO5S. The predicted octanol–water partition coefficient (Wildman–Crippen LogP) is 3.39. The lowest BCUT2D eigenvalue weighted by Crippen LogP contribution is -2.41. The topological polar surface area (TPSA) is 74.7 Å². The number of aromatic nitrogens is 1. The van der Waals surface area contributed by atoms with Crippen LogP contribution in [0.25, 0.3) is 0 Å². The van der Waals surface area contributed by atoms with Crippen molar-refractivity contribution in [1.29, 1.82) is 0 Å². The van der Waals surface area contributed by atoms with Crippen LogP contribution in [0.5, 0.6) is 11.6 Å². The molecule has 2 aromatic rings. The SMILES string of the molecule is CCS(=O)(=O)Cc1cnc(Oc2ccc(F)cc2F)c(B2OC(C)(C)C(C)(C)O2)c1. The second-order valence-electron chi connectivity index (χ2n) is 8.18. The van der Waals surface area contributed by atoms with Crippen LogP contribution in [0.4, 0.5) is 8.78 Å². The van der Waals surface area contributed by atoms with Gasteiger partial charge in [0.15, 0.2) is 21.4 Å². The maximum Gasteiger partial charge on any atom is 0.500 e. The number of pyridine rings is 1. The summed E-state index contributed by atoms with van der Waals surface area (Å²) in [6.45, 7) is 9.03. The zero-order valence-electron chi connectivity index (χ0n) is 17.5. The number of rotatable bonds is 6. The summed E-state index contributed by atoms with van der Waals surface area (Å²) in [5.41, 5.74) is -0.585. The second kappa shape index (κ2) is 7.90. The van der Waals surface area contributed by atoms with Crippen molar-refractivity contribution in [2.45, 2.75) is 51.6 Å². The van der Waals surface area contributed by atoms with Gasteiger partial charge in [-0.05, 0) is 45.4 Å². The highest BCUT2D eigenvalue weighted by Gasteiger charge is 2.52. The van der Waals surface area contributed by atoms with Gasteiger partial charge in [-0.25, -0.2) is 22.2 Å². The highest BCUT2D eigenvalue weighted by Crippen LogP contribution is 2.37. The summed E-state index contributed by atoms with van der Waals surface area (Å²) >= 11 is 0. The Labute approximate surface area is 175 Å². The molecule has 0 atom stereocenters. The molecule has 3 rings (SSSR count). The van der Waals surface area contributed by atoms with E-state index in [9.17, 15) is 17.2 Å². The summed E-state index contributed by atoms with van der Waals surface area (Å²) in [6.07, 6.45) is 1.35. The van der Waals surface area contributed by atoms with Crippen LogP contribution in [0.3, 0.4) is 0 Å². The lowest BCUT2D eigenvalue weighted by molar-refractivity contribution is 0.00578. The van der Waals surface area contributed by atoms with Crippen LogP contribution in [-0.4, -0.2) is 37.5 Å². The molecule has 2 heterocycles. The number of sulfone groups is 1. The fraction of sp³-hybridized carbons (Fsp3) is 0.450. The van der Waals surface area contributed by atoms with E-state index in [1.807, 2.05) is 27.7 Å². The van der Waals surface area contributed by atoms with Crippen molar-refractivity contribution in [3.05, 3.63) is 47.7 Å². The van der Waals surface area contributed by atoms with Crippen LogP contribution in [-0.2, 0) is 24.9 Å². The molecule has 0 amide bonds. The number of hydrogen-bond donors (Lipinski definition) is 0. The van der Waals surface area contributed by atoms with E-state index in [0.717, 1.165) is 12.1 Å². The molecule has 162 valence electrons. The average molecular weight is 439 g/mol. The summed E-state index contributed by atoms with van der Waals surface area (Å²) in [7, 11) is -4.22. The molecule has 1 aromatic heterocycles. The van der Waals surface area contributed by atoms with E-state index >= 15 is 0 Å². The number of ether oxygens (including phenoxy) is 1. The van der Waals surface area contributed by atoms with E-state index < -0.39 is 39.8 Å². The van der Waals surface area contributed by atoms with Crippen molar-refractivity contribution in [3.8, 4) is 11.6 Å². The minimum atomic E-state index is -3.31. The molecule has 1 fully saturated rings. The van der Waals surface area contributed by atoms with Gasteiger partial charge in [0.1, 0.15) is 5.82 Å². The lowest BCUT2D eigenvalue weighted by Gasteiger charge is -2.32. The lowest BCUT2D eigenvalue weighted by atomic mass is 9.79. The Morgan fingerprint density at radius 1 is 1.10 bits per heavy atom. The number of nitrogens with zero attached hydrogens (tertiary/aromatic N) is 1. The van der Waals surface area contributed by atoms with Crippen molar-refractivity contribution in [1.82, 2.24) is 4.98 Å². The molecule has 30 heavy (non-hydrogen) atoms. The molecule has 0 saturated carbocycles. The third kappa shape index (κ3) is 4.65. The Morgan fingerprint density at radius 2 is 1.73 bits per heavy atom. The van der Waals surface area contributed by atoms with E-state index in [1.54, 1.807) is 13.0 Å². The molecule has 0 aliphatic carbocycles. The molecule has 0 spiro atoms. The number of benzene rings is 1. The van der Waals surface area contributed by atoms with E-state index in [1.165, 1.54) is 6.20 Å². The average Bonchev–Trinajstić information content (AvgIpc) is 2.85. The normalized spacial score (nSPS) is 17.9. The molecule has 1 saturated heterocycles. The van der Waals surface area contributed by atoms with Crippen molar-refractivity contribution in [2.75, 3.05) is 5.75 Å². The second-order valence-corrected chi connectivity index (χ2v) is 10.5. The third-order valence-corrected chi connectivity index (χ3v) is 7.02.